The van der Waals surface area contributed by atoms with E-state index in [4.69, 9.17) is 25.8 Å². The molecule has 8 nitrogen and oxygen atoms in total. The SMILES string of the molecule is COc1ccc2c(c1OC)C(=O)OC2N1C(=O)CC[C@H]1C(=O)Nc1ccc(Cl)c(C(F)(F)F)c1. The second-order valence-electron chi connectivity index (χ2n) is 7.56. The lowest BCUT2D eigenvalue weighted by atomic mass is 10.0. The number of anilines is 1. The maximum Gasteiger partial charge on any atom is 0.417 e. The van der Waals surface area contributed by atoms with Gasteiger partial charge in [-0.15, -0.1) is 0 Å². The molecule has 0 aromatic heterocycles. The van der Waals surface area contributed by atoms with Crippen molar-refractivity contribution < 1.29 is 41.8 Å². The zero-order chi connectivity index (χ0) is 24.8. The van der Waals surface area contributed by atoms with E-state index in [9.17, 15) is 27.6 Å². The zero-order valence-corrected chi connectivity index (χ0v) is 18.6. The molecule has 1 saturated heterocycles. The van der Waals surface area contributed by atoms with Gasteiger partial charge in [-0.25, -0.2) is 4.79 Å². The molecule has 2 aromatic rings. The van der Waals surface area contributed by atoms with E-state index in [1.54, 1.807) is 0 Å². The number of halogens is 4. The average molecular weight is 499 g/mol. The maximum atomic E-state index is 13.2. The van der Waals surface area contributed by atoms with Crippen molar-refractivity contribution in [2.45, 2.75) is 31.3 Å². The molecule has 2 aliphatic rings. The smallest absolute Gasteiger partial charge is 0.417 e. The number of nitrogens with one attached hydrogen (secondary N) is 1. The molecule has 1 unspecified atom stereocenters. The largest absolute Gasteiger partial charge is 0.493 e. The highest BCUT2D eigenvalue weighted by molar-refractivity contribution is 6.31. The molecule has 34 heavy (non-hydrogen) atoms. The van der Waals surface area contributed by atoms with Crippen LogP contribution in [0, 0.1) is 0 Å². The van der Waals surface area contributed by atoms with Crippen LogP contribution < -0.4 is 14.8 Å². The third-order valence-corrected chi connectivity index (χ3v) is 5.95. The molecule has 2 amide bonds. The van der Waals surface area contributed by atoms with E-state index in [-0.39, 0.29) is 35.6 Å². The number of alkyl halides is 3. The highest BCUT2D eigenvalue weighted by Gasteiger charge is 2.48. The zero-order valence-electron chi connectivity index (χ0n) is 17.9. The van der Waals surface area contributed by atoms with Gasteiger partial charge in [0.25, 0.3) is 0 Å². The first-order valence-corrected chi connectivity index (χ1v) is 10.4. The number of hydrogen-bond donors (Lipinski definition) is 1. The Balaban J connectivity index is 1.64. The van der Waals surface area contributed by atoms with E-state index in [2.05, 4.69) is 5.32 Å². The molecule has 0 saturated carbocycles. The molecule has 0 bridgehead atoms. The molecule has 1 N–H and O–H groups in total. The Hall–Kier alpha value is -3.47. The first-order chi connectivity index (χ1) is 16.1. The second kappa shape index (κ2) is 8.71. The number of esters is 1. The van der Waals surface area contributed by atoms with Gasteiger partial charge in [-0.3, -0.25) is 14.5 Å². The van der Waals surface area contributed by atoms with Gasteiger partial charge in [0.2, 0.25) is 18.0 Å². The van der Waals surface area contributed by atoms with Crippen LogP contribution in [-0.2, 0) is 20.5 Å². The number of fused-ring (bicyclic) bond motifs is 1. The Kier molecular flexibility index (Phi) is 6.07. The Bertz CT molecular complexity index is 1190. The number of likely N-dealkylation sites (tertiary alicyclic amines) is 1. The molecule has 4 rings (SSSR count). The Morgan fingerprint density at radius 2 is 1.91 bits per heavy atom. The summed E-state index contributed by atoms with van der Waals surface area (Å²) in [6.07, 6.45) is -5.84. The first-order valence-electron chi connectivity index (χ1n) is 10.0. The Morgan fingerprint density at radius 3 is 2.56 bits per heavy atom. The summed E-state index contributed by atoms with van der Waals surface area (Å²) >= 11 is 5.63. The van der Waals surface area contributed by atoms with Gasteiger partial charge >= 0.3 is 12.1 Å². The summed E-state index contributed by atoms with van der Waals surface area (Å²) in [6.45, 7) is 0. The summed E-state index contributed by atoms with van der Waals surface area (Å²) < 4.78 is 55.4. The lowest BCUT2D eigenvalue weighted by Crippen LogP contribution is -2.43. The number of nitrogens with zero attached hydrogens (tertiary/aromatic N) is 1. The fourth-order valence-electron chi connectivity index (χ4n) is 4.09. The lowest BCUT2D eigenvalue weighted by Gasteiger charge is -2.29. The second-order valence-corrected chi connectivity index (χ2v) is 7.97. The maximum absolute atomic E-state index is 13.2. The predicted octanol–water partition coefficient (Wildman–Crippen LogP) is 4.17. The van der Waals surface area contributed by atoms with E-state index in [1.165, 1.54) is 32.4 Å². The van der Waals surface area contributed by atoms with Crippen LogP contribution in [0.4, 0.5) is 18.9 Å². The van der Waals surface area contributed by atoms with Gasteiger partial charge < -0.3 is 19.5 Å². The van der Waals surface area contributed by atoms with Crippen LogP contribution in [0.3, 0.4) is 0 Å². The number of cyclic esters (lactones) is 1. The molecule has 12 heteroatoms. The van der Waals surface area contributed by atoms with Crippen molar-refractivity contribution in [3.05, 3.63) is 52.0 Å². The number of amides is 2. The summed E-state index contributed by atoms with van der Waals surface area (Å²) in [7, 11) is 2.74. The Morgan fingerprint density at radius 1 is 1.18 bits per heavy atom. The standard InChI is InChI=1S/C22H18ClF3N2O6/c1-32-15-7-4-11-17(18(15)33-2)21(31)34-20(11)28-14(6-8-16(28)29)19(30)27-10-3-5-13(23)12(9-10)22(24,25)26/h3-5,7,9,14,20H,6,8H2,1-2H3,(H,27,30)/t14-,20?/m0/s1. The number of ether oxygens (including phenoxy) is 3. The molecule has 0 radical (unpaired) electrons. The number of hydrogen-bond acceptors (Lipinski definition) is 6. The van der Waals surface area contributed by atoms with Crippen LogP contribution in [-0.4, -0.2) is 42.9 Å². The molecule has 0 spiro atoms. The van der Waals surface area contributed by atoms with Crippen molar-refractivity contribution in [2.24, 2.45) is 0 Å². The molecule has 2 atom stereocenters. The van der Waals surface area contributed by atoms with Gasteiger partial charge in [0.05, 0.1) is 24.8 Å². The highest BCUT2D eigenvalue weighted by atomic mass is 35.5. The van der Waals surface area contributed by atoms with E-state index in [1.807, 2.05) is 0 Å². The summed E-state index contributed by atoms with van der Waals surface area (Å²) in [5.74, 6) is -1.54. The molecular formula is C22H18ClF3N2O6. The quantitative estimate of drug-likeness (QED) is 0.622. The fraction of sp³-hybridized carbons (Fsp3) is 0.318. The first kappa shape index (κ1) is 23.7. The van der Waals surface area contributed by atoms with E-state index >= 15 is 0 Å². The molecule has 2 heterocycles. The van der Waals surface area contributed by atoms with Crippen LogP contribution in [0.2, 0.25) is 5.02 Å². The van der Waals surface area contributed by atoms with E-state index < -0.39 is 46.8 Å². The van der Waals surface area contributed by atoms with Gasteiger partial charge in [-0.05, 0) is 36.8 Å². The molecule has 180 valence electrons. The fourth-order valence-corrected chi connectivity index (χ4v) is 4.31. The van der Waals surface area contributed by atoms with Crippen molar-refractivity contribution in [1.82, 2.24) is 4.90 Å². The van der Waals surface area contributed by atoms with Crippen molar-refractivity contribution in [3.63, 3.8) is 0 Å². The summed E-state index contributed by atoms with van der Waals surface area (Å²) in [5, 5.41) is 1.88. The van der Waals surface area contributed by atoms with Crippen molar-refractivity contribution in [2.75, 3.05) is 19.5 Å². The van der Waals surface area contributed by atoms with E-state index in [0.29, 0.717) is 11.6 Å². The number of carbonyl (C=O) groups excluding carboxylic acids is 3. The molecule has 2 aromatic carbocycles. The van der Waals surface area contributed by atoms with Crippen LogP contribution in [0.1, 0.15) is 40.6 Å². The number of benzene rings is 2. The van der Waals surface area contributed by atoms with Gasteiger partial charge in [-0.2, -0.15) is 13.2 Å². The lowest BCUT2D eigenvalue weighted by molar-refractivity contribution is -0.144. The minimum absolute atomic E-state index is 0.0107. The minimum atomic E-state index is -4.71. The Labute approximate surface area is 196 Å². The minimum Gasteiger partial charge on any atom is -0.493 e. The predicted molar refractivity (Wildman–Crippen MR) is 113 cm³/mol. The molecular weight excluding hydrogens is 481 g/mol. The van der Waals surface area contributed by atoms with Gasteiger partial charge in [0.1, 0.15) is 11.6 Å². The van der Waals surface area contributed by atoms with Gasteiger partial charge in [0.15, 0.2) is 11.5 Å². The molecule has 2 aliphatic heterocycles. The molecule has 0 aliphatic carbocycles. The topological polar surface area (TPSA) is 94.2 Å². The average Bonchev–Trinajstić information content (AvgIpc) is 3.33. The molecule has 1 fully saturated rings. The van der Waals surface area contributed by atoms with Crippen molar-refractivity contribution >= 4 is 35.1 Å². The third kappa shape index (κ3) is 4.00. The normalized spacial score (nSPS) is 19.6. The van der Waals surface area contributed by atoms with Crippen molar-refractivity contribution in [1.29, 1.82) is 0 Å². The highest BCUT2D eigenvalue weighted by Crippen LogP contribution is 2.45. The van der Waals surface area contributed by atoms with Crippen LogP contribution >= 0.6 is 11.6 Å². The monoisotopic (exact) mass is 498 g/mol. The number of methoxy groups -OCH3 is 2. The van der Waals surface area contributed by atoms with Crippen LogP contribution in [0.25, 0.3) is 0 Å². The number of rotatable bonds is 5. The van der Waals surface area contributed by atoms with Crippen molar-refractivity contribution in [3.8, 4) is 11.5 Å². The summed E-state index contributed by atoms with van der Waals surface area (Å²) in [4.78, 5) is 39.4. The summed E-state index contributed by atoms with van der Waals surface area (Å²) in [5.41, 5.74) is -0.873. The number of carbonyl (C=O) groups is 3. The summed E-state index contributed by atoms with van der Waals surface area (Å²) in [6, 6.07) is 4.93. The van der Waals surface area contributed by atoms with Crippen LogP contribution in [0.15, 0.2) is 30.3 Å². The third-order valence-electron chi connectivity index (χ3n) is 5.62. The van der Waals surface area contributed by atoms with Crippen LogP contribution in [0.5, 0.6) is 11.5 Å². The van der Waals surface area contributed by atoms with E-state index in [0.717, 1.165) is 11.0 Å². The van der Waals surface area contributed by atoms with Gasteiger partial charge in [-0.1, -0.05) is 11.6 Å². The van der Waals surface area contributed by atoms with Gasteiger partial charge in [0, 0.05) is 17.7 Å².